The second kappa shape index (κ2) is 7.86. The van der Waals surface area contributed by atoms with E-state index in [0.717, 1.165) is 47.2 Å². The van der Waals surface area contributed by atoms with Crippen molar-refractivity contribution in [3.05, 3.63) is 54.6 Å². The summed E-state index contributed by atoms with van der Waals surface area (Å²) in [5.74, 6) is -1.10. The van der Waals surface area contributed by atoms with E-state index >= 15 is 0 Å². The number of likely N-dealkylation sites (tertiary alicyclic amines) is 1. The molecule has 2 aromatic carbocycles. The summed E-state index contributed by atoms with van der Waals surface area (Å²) in [6, 6.07) is 18.0. The fourth-order valence-electron chi connectivity index (χ4n) is 3.84. The molecule has 1 aliphatic rings. The lowest BCUT2D eigenvalue weighted by Crippen LogP contribution is -2.42. The van der Waals surface area contributed by atoms with Gasteiger partial charge in [0, 0.05) is 34.4 Å². The summed E-state index contributed by atoms with van der Waals surface area (Å²) in [6.45, 7) is 1.20. The SMILES string of the molecule is O=C(O)CN1CCCC(C(=O)Nc2cccc(-c3cc4ccccc4[nH]3)c2)C1. The molecule has 6 nitrogen and oxygen atoms in total. The van der Waals surface area contributed by atoms with Gasteiger partial charge in [-0.2, -0.15) is 0 Å². The molecule has 144 valence electrons. The van der Waals surface area contributed by atoms with E-state index in [1.54, 1.807) is 0 Å². The summed E-state index contributed by atoms with van der Waals surface area (Å²) in [5.41, 5.74) is 3.83. The minimum atomic E-state index is -0.855. The van der Waals surface area contributed by atoms with Crippen LogP contribution in [-0.2, 0) is 9.59 Å². The highest BCUT2D eigenvalue weighted by Crippen LogP contribution is 2.26. The maximum absolute atomic E-state index is 12.7. The zero-order chi connectivity index (χ0) is 19.5. The van der Waals surface area contributed by atoms with Crippen LogP contribution in [0.1, 0.15) is 12.8 Å². The molecule has 3 aromatic rings. The van der Waals surface area contributed by atoms with Crippen LogP contribution in [0, 0.1) is 5.92 Å². The summed E-state index contributed by atoms with van der Waals surface area (Å²) in [7, 11) is 0. The number of benzene rings is 2. The molecule has 0 aliphatic carbocycles. The molecule has 1 unspecified atom stereocenters. The molecule has 1 aromatic heterocycles. The smallest absolute Gasteiger partial charge is 0.317 e. The Labute approximate surface area is 163 Å². The Hall–Kier alpha value is -3.12. The molecular weight excluding hydrogens is 354 g/mol. The minimum absolute atomic E-state index is 0.0142. The van der Waals surface area contributed by atoms with Crippen molar-refractivity contribution in [2.24, 2.45) is 5.92 Å². The van der Waals surface area contributed by atoms with Crippen LogP contribution < -0.4 is 5.32 Å². The number of carboxylic acid groups (broad SMARTS) is 1. The van der Waals surface area contributed by atoms with Crippen LogP contribution in [0.5, 0.6) is 0 Å². The zero-order valence-electron chi connectivity index (χ0n) is 15.5. The van der Waals surface area contributed by atoms with Crippen molar-refractivity contribution in [2.45, 2.75) is 12.8 Å². The van der Waals surface area contributed by atoms with Crippen molar-refractivity contribution in [1.82, 2.24) is 9.88 Å². The van der Waals surface area contributed by atoms with Crippen LogP contribution in [0.25, 0.3) is 22.2 Å². The summed E-state index contributed by atoms with van der Waals surface area (Å²) >= 11 is 0. The van der Waals surface area contributed by atoms with E-state index in [1.807, 2.05) is 47.4 Å². The molecule has 0 bridgehead atoms. The molecule has 28 heavy (non-hydrogen) atoms. The minimum Gasteiger partial charge on any atom is -0.480 e. The van der Waals surface area contributed by atoms with Gasteiger partial charge in [0.25, 0.3) is 0 Å². The predicted molar refractivity (Wildman–Crippen MR) is 109 cm³/mol. The lowest BCUT2D eigenvalue weighted by Gasteiger charge is -2.30. The molecule has 2 heterocycles. The van der Waals surface area contributed by atoms with Gasteiger partial charge in [-0.25, -0.2) is 0 Å². The summed E-state index contributed by atoms with van der Waals surface area (Å²) in [5, 5.41) is 13.1. The van der Waals surface area contributed by atoms with E-state index in [0.29, 0.717) is 6.54 Å². The van der Waals surface area contributed by atoms with Crippen LogP contribution in [0.4, 0.5) is 5.69 Å². The Morgan fingerprint density at radius 2 is 2.00 bits per heavy atom. The van der Waals surface area contributed by atoms with Crippen molar-refractivity contribution >= 4 is 28.5 Å². The number of carbonyl (C=O) groups excluding carboxylic acids is 1. The third-order valence-electron chi connectivity index (χ3n) is 5.21. The third kappa shape index (κ3) is 4.07. The van der Waals surface area contributed by atoms with Crippen molar-refractivity contribution in [3.8, 4) is 11.3 Å². The van der Waals surface area contributed by atoms with Crippen molar-refractivity contribution in [1.29, 1.82) is 0 Å². The average Bonchev–Trinajstić information content (AvgIpc) is 3.12. The van der Waals surface area contributed by atoms with Gasteiger partial charge in [0.15, 0.2) is 0 Å². The van der Waals surface area contributed by atoms with Gasteiger partial charge in [0.05, 0.1) is 12.5 Å². The molecule has 3 N–H and O–H groups in total. The van der Waals surface area contributed by atoms with E-state index in [-0.39, 0.29) is 18.4 Å². The second-order valence-corrected chi connectivity index (χ2v) is 7.31. The Morgan fingerprint density at radius 3 is 2.82 bits per heavy atom. The molecular formula is C22H23N3O3. The predicted octanol–water partition coefficient (Wildman–Crippen LogP) is 3.57. The zero-order valence-corrected chi connectivity index (χ0v) is 15.5. The summed E-state index contributed by atoms with van der Waals surface area (Å²) in [4.78, 5) is 28.9. The maximum atomic E-state index is 12.7. The number of aromatic amines is 1. The highest BCUT2D eigenvalue weighted by molar-refractivity contribution is 5.94. The number of nitrogens with zero attached hydrogens (tertiary/aromatic N) is 1. The average molecular weight is 377 g/mol. The third-order valence-corrected chi connectivity index (χ3v) is 5.21. The molecule has 1 amide bonds. The first-order chi connectivity index (χ1) is 13.6. The molecule has 1 atom stereocenters. The number of carboxylic acids is 1. The number of carbonyl (C=O) groups is 2. The van der Waals surface area contributed by atoms with Gasteiger partial charge in [0.2, 0.25) is 5.91 Å². The number of amides is 1. The van der Waals surface area contributed by atoms with E-state index in [9.17, 15) is 9.59 Å². The Morgan fingerprint density at radius 1 is 1.14 bits per heavy atom. The highest BCUT2D eigenvalue weighted by atomic mass is 16.4. The molecule has 6 heteroatoms. The van der Waals surface area contributed by atoms with Crippen molar-refractivity contribution < 1.29 is 14.7 Å². The number of anilines is 1. The van der Waals surface area contributed by atoms with Gasteiger partial charge in [-0.05, 0) is 43.7 Å². The number of fused-ring (bicyclic) bond motifs is 1. The molecule has 0 saturated carbocycles. The maximum Gasteiger partial charge on any atom is 0.317 e. The quantitative estimate of drug-likeness (QED) is 0.635. The summed E-state index contributed by atoms with van der Waals surface area (Å²) < 4.78 is 0. The first-order valence-electron chi connectivity index (χ1n) is 9.52. The number of aromatic nitrogens is 1. The van der Waals surface area contributed by atoms with Crippen LogP contribution >= 0.6 is 0 Å². The molecule has 1 aliphatic heterocycles. The Kier molecular flexibility index (Phi) is 5.12. The molecule has 0 radical (unpaired) electrons. The molecule has 4 rings (SSSR count). The lowest BCUT2D eigenvalue weighted by molar-refractivity contribution is -0.139. The normalized spacial score (nSPS) is 17.5. The van der Waals surface area contributed by atoms with Crippen LogP contribution in [-0.4, -0.2) is 46.5 Å². The fraction of sp³-hybridized carbons (Fsp3) is 0.273. The van der Waals surface area contributed by atoms with Gasteiger partial charge in [-0.1, -0.05) is 30.3 Å². The van der Waals surface area contributed by atoms with Gasteiger partial charge in [0.1, 0.15) is 0 Å². The van der Waals surface area contributed by atoms with Crippen molar-refractivity contribution in [2.75, 3.05) is 25.0 Å². The number of piperidine rings is 1. The first-order valence-corrected chi connectivity index (χ1v) is 9.52. The number of nitrogens with one attached hydrogen (secondary N) is 2. The molecule has 1 fully saturated rings. The number of aliphatic carboxylic acids is 1. The topological polar surface area (TPSA) is 85.4 Å². The van der Waals surface area contributed by atoms with Gasteiger partial charge in [-0.15, -0.1) is 0 Å². The molecule has 1 saturated heterocycles. The van der Waals surface area contributed by atoms with Gasteiger partial charge in [-0.3, -0.25) is 14.5 Å². The highest BCUT2D eigenvalue weighted by Gasteiger charge is 2.26. The van der Waals surface area contributed by atoms with Crippen LogP contribution in [0.15, 0.2) is 54.6 Å². The van der Waals surface area contributed by atoms with Gasteiger partial charge >= 0.3 is 5.97 Å². The standard InChI is InChI=1S/C22H23N3O3/c26-21(27)14-25-10-4-7-17(13-25)22(28)23-18-8-3-6-15(11-18)20-12-16-5-1-2-9-19(16)24-20/h1-3,5-6,8-9,11-12,17,24H,4,7,10,13-14H2,(H,23,28)(H,26,27). The number of rotatable bonds is 5. The Balaban J connectivity index is 1.47. The second-order valence-electron chi connectivity index (χ2n) is 7.31. The summed E-state index contributed by atoms with van der Waals surface area (Å²) in [6.07, 6.45) is 1.62. The fourth-order valence-corrected chi connectivity index (χ4v) is 3.84. The first kappa shape index (κ1) is 18.3. The number of hydrogen-bond donors (Lipinski definition) is 3. The molecule has 0 spiro atoms. The van der Waals surface area contributed by atoms with E-state index in [4.69, 9.17) is 5.11 Å². The van der Waals surface area contributed by atoms with Crippen LogP contribution in [0.3, 0.4) is 0 Å². The monoisotopic (exact) mass is 377 g/mol. The van der Waals surface area contributed by atoms with Crippen molar-refractivity contribution in [3.63, 3.8) is 0 Å². The van der Waals surface area contributed by atoms with E-state index < -0.39 is 5.97 Å². The van der Waals surface area contributed by atoms with E-state index in [2.05, 4.69) is 22.4 Å². The number of hydrogen-bond acceptors (Lipinski definition) is 3. The number of H-pyrrole nitrogens is 1. The largest absolute Gasteiger partial charge is 0.480 e. The lowest BCUT2D eigenvalue weighted by atomic mass is 9.97. The van der Waals surface area contributed by atoms with Crippen LogP contribution in [0.2, 0.25) is 0 Å². The number of para-hydroxylation sites is 1. The van der Waals surface area contributed by atoms with Gasteiger partial charge < -0.3 is 15.4 Å². The Bertz CT molecular complexity index is 978. The van der Waals surface area contributed by atoms with E-state index in [1.165, 1.54) is 0 Å².